The van der Waals surface area contributed by atoms with E-state index in [1.54, 1.807) is 22.1 Å². The van der Waals surface area contributed by atoms with Gasteiger partial charge in [0.05, 0.1) is 10.7 Å². The fourth-order valence-corrected chi connectivity index (χ4v) is 6.37. The van der Waals surface area contributed by atoms with Crippen LogP contribution in [0.15, 0.2) is 66.9 Å². The summed E-state index contributed by atoms with van der Waals surface area (Å²) in [5, 5.41) is 6.89. The summed E-state index contributed by atoms with van der Waals surface area (Å²) in [5.41, 5.74) is 3.31. The van der Waals surface area contributed by atoms with Gasteiger partial charge in [-0.2, -0.15) is 0 Å². The number of amides is 4. The molecule has 0 bridgehead atoms. The number of carbonyl (C=O) groups is 4. The molecule has 250 valence electrons. The molecular weight excluding hydrogens is 613 g/mol. The highest BCUT2D eigenvalue weighted by molar-refractivity contribution is 7.16. The number of nitrogens with one attached hydrogen (secondary N) is 2. The van der Waals surface area contributed by atoms with Gasteiger partial charge in [0, 0.05) is 67.4 Å². The number of likely N-dealkylation sites (N-methyl/N-ethyl adjacent to an activating group) is 1. The number of pyridine rings is 1. The van der Waals surface area contributed by atoms with Crippen LogP contribution in [-0.2, 0) is 20.8 Å². The van der Waals surface area contributed by atoms with Crippen LogP contribution in [-0.4, -0.2) is 91.8 Å². The fraction of sp³-hybridized carbons (Fsp3) is 0.417. The quantitative estimate of drug-likeness (QED) is 0.174. The molecule has 2 aromatic heterocycles. The van der Waals surface area contributed by atoms with Crippen LogP contribution in [0.5, 0.6) is 0 Å². The zero-order valence-corrected chi connectivity index (χ0v) is 28.5. The molecule has 3 heterocycles. The van der Waals surface area contributed by atoms with E-state index in [9.17, 15) is 19.2 Å². The number of nitrogens with zero attached hydrogens (tertiary/aromatic N) is 4. The van der Waals surface area contributed by atoms with Crippen molar-refractivity contribution in [1.29, 1.82) is 0 Å². The predicted octanol–water partition coefficient (Wildman–Crippen LogP) is 4.45. The largest absolute Gasteiger partial charge is 0.356 e. The Labute approximate surface area is 281 Å². The number of unbranched alkanes of at least 4 members (excludes halogenated alkanes) is 3. The molecule has 0 spiro atoms. The van der Waals surface area contributed by atoms with E-state index in [1.165, 1.54) is 17.4 Å². The third-order valence-corrected chi connectivity index (χ3v) is 9.09. The Balaban J connectivity index is 1.07. The summed E-state index contributed by atoms with van der Waals surface area (Å²) >= 11 is 1.52. The summed E-state index contributed by atoms with van der Waals surface area (Å²) in [6, 6.07) is 15.3. The van der Waals surface area contributed by atoms with Crippen LogP contribution in [0.3, 0.4) is 0 Å². The second kappa shape index (κ2) is 18.1. The van der Waals surface area contributed by atoms with Crippen molar-refractivity contribution in [3.8, 4) is 11.3 Å². The molecule has 11 heteroatoms. The molecule has 0 radical (unpaired) electrons. The summed E-state index contributed by atoms with van der Waals surface area (Å²) < 4.78 is 0. The highest BCUT2D eigenvalue weighted by Gasteiger charge is 2.28. The molecule has 1 aliphatic rings. The van der Waals surface area contributed by atoms with Crippen LogP contribution in [0.4, 0.5) is 5.00 Å². The third-order valence-electron chi connectivity index (χ3n) is 7.92. The van der Waals surface area contributed by atoms with E-state index in [1.807, 2.05) is 74.4 Å². The minimum atomic E-state index is -0.143. The van der Waals surface area contributed by atoms with Gasteiger partial charge in [0.1, 0.15) is 6.54 Å². The van der Waals surface area contributed by atoms with Crippen LogP contribution >= 0.6 is 11.3 Å². The molecule has 0 saturated carbocycles. The lowest BCUT2D eigenvalue weighted by Crippen LogP contribution is -2.51. The van der Waals surface area contributed by atoms with Gasteiger partial charge in [0.25, 0.3) is 5.91 Å². The summed E-state index contributed by atoms with van der Waals surface area (Å²) in [6.07, 6.45) is 9.76. The standard InChI is InChI=1S/C36H46N6O4S/c1-27-12-10-22-38-35(27)29-13-6-7-14-30(29)36(46)39-21-9-5-4-8-20-37-31(43)18-16-28-17-19-34(47-28)42-25-24-41(26-33(42)45)32(44)15-11-23-40(2)3/h6-7,10-15,17,19,22H,4-5,8-9,16,18,20-21,23-26H2,1-3H3,(H,37,43)(H,39,46). The number of benzene rings is 1. The molecule has 10 nitrogen and oxygen atoms in total. The van der Waals surface area contributed by atoms with Gasteiger partial charge in [0.2, 0.25) is 17.7 Å². The lowest BCUT2D eigenvalue weighted by atomic mass is 10.0. The Bertz CT molecular complexity index is 1550. The third kappa shape index (κ3) is 10.9. The number of hydrogen-bond acceptors (Lipinski definition) is 7. The minimum Gasteiger partial charge on any atom is -0.356 e. The number of rotatable bonds is 16. The van der Waals surface area contributed by atoms with Gasteiger partial charge >= 0.3 is 0 Å². The van der Waals surface area contributed by atoms with E-state index in [0.717, 1.165) is 52.4 Å². The molecule has 2 N–H and O–H groups in total. The maximum Gasteiger partial charge on any atom is 0.251 e. The Morgan fingerprint density at radius 2 is 1.72 bits per heavy atom. The van der Waals surface area contributed by atoms with Crippen LogP contribution in [0.1, 0.15) is 52.9 Å². The van der Waals surface area contributed by atoms with Gasteiger partial charge < -0.3 is 25.3 Å². The summed E-state index contributed by atoms with van der Waals surface area (Å²) in [5.74, 6) is -0.323. The van der Waals surface area contributed by atoms with Crippen molar-refractivity contribution < 1.29 is 19.2 Å². The zero-order valence-electron chi connectivity index (χ0n) is 27.7. The number of piperazine rings is 1. The van der Waals surface area contributed by atoms with Gasteiger partial charge in [-0.3, -0.25) is 24.2 Å². The molecule has 1 aromatic carbocycles. The Morgan fingerprint density at radius 1 is 0.957 bits per heavy atom. The average Bonchev–Trinajstić information content (AvgIpc) is 3.53. The first-order valence-corrected chi connectivity index (χ1v) is 17.1. The van der Waals surface area contributed by atoms with Gasteiger partial charge in [-0.05, 0) is 70.1 Å². The number of aryl methyl sites for hydroxylation is 2. The maximum atomic E-state index is 12.9. The van der Waals surface area contributed by atoms with Gasteiger partial charge in [0.15, 0.2) is 0 Å². The summed E-state index contributed by atoms with van der Waals surface area (Å²) in [4.78, 5) is 61.3. The maximum absolute atomic E-state index is 12.9. The topological polar surface area (TPSA) is 115 Å². The van der Waals surface area contributed by atoms with E-state index >= 15 is 0 Å². The monoisotopic (exact) mass is 658 g/mol. The molecular formula is C36H46N6O4S. The molecule has 4 rings (SSSR count). The molecule has 0 atom stereocenters. The van der Waals surface area contributed by atoms with Crippen molar-refractivity contribution in [2.75, 3.05) is 58.3 Å². The van der Waals surface area contributed by atoms with Crippen molar-refractivity contribution in [2.24, 2.45) is 0 Å². The molecule has 47 heavy (non-hydrogen) atoms. The number of aromatic nitrogens is 1. The smallest absolute Gasteiger partial charge is 0.251 e. The first-order chi connectivity index (χ1) is 22.7. The Hall–Kier alpha value is -4.35. The van der Waals surface area contributed by atoms with Crippen molar-refractivity contribution in [2.45, 2.75) is 45.4 Å². The predicted molar refractivity (Wildman–Crippen MR) is 187 cm³/mol. The van der Waals surface area contributed by atoms with Crippen LogP contribution in [0, 0.1) is 6.92 Å². The fourth-order valence-electron chi connectivity index (χ4n) is 5.32. The normalized spacial score (nSPS) is 13.4. The van der Waals surface area contributed by atoms with Crippen LogP contribution in [0.25, 0.3) is 11.3 Å². The molecule has 4 amide bonds. The highest BCUT2D eigenvalue weighted by atomic mass is 32.1. The number of carbonyl (C=O) groups excluding carboxylic acids is 4. The van der Waals surface area contributed by atoms with E-state index < -0.39 is 0 Å². The second-order valence-corrected chi connectivity index (χ2v) is 13.1. The highest BCUT2D eigenvalue weighted by Crippen LogP contribution is 2.28. The molecule has 1 saturated heterocycles. The first-order valence-electron chi connectivity index (χ1n) is 16.3. The molecule has 0 aliphatic carbocycles. The van der Waals surface area contributed by atoms with Gasteiger partial charge in [-0.25, -0.2) is 0 Å². The van der Waals surface area contributed by atoms with Crippen molar-refractivity contribution in [3.05, 3.63) is 82.9 Å². The zero-order chi connectivity index (χ0) is 33.6. The van der Waals surface area contributed by atoms with Crippen LogP contribution in [0.2, 0.25) is 0 Å². The van der Waals surface area contributed by atoms with E-state index in [0.29, 0.717) is 51.1 Å². The number of thiophene rings is 1. The molecule has 0 unspecified atom stereocenters. The SMILES string of the molecule is Cc1cccnc1-c1ccccc1C(=O)NCCCCCCNC(=O)CCc1ccc(N2CCN(C(=O)C=CCN(C)C)CC2=O)s1. The minimum absolute atomic E-state index is 0.0135. The summed E-state index contributed by atoms with van der Waals surface area (Å²) in [6.45, 7) is 4.89. The molecule has 1 fully saturated rings. The molecule has 3 aromatic rings. The van der Waals surface area contributed by atoms with Gasteiger partial charge in [-0.15, -0.1) is 11.3 Å². The first kappa shape index (κ1) is 35.5. The number of anilines is 1. The Kier molecular flexibility index (Phi) is 13.7. The summed E-state index contributed by atoms with van der Waals surface area (Å²) in [7, 11) is 3.86. The van der Waals surface area contributed by atoms with Crippen LogP contribution < -0.4 is 15.5 Å². The number of hydrogen-bond donors (Lipinski definition) is 2. The van der Waals surface area contributed by atoms with Crippen molar-refractivity contribution in [1.82, 2.24) is 25.4 Å². The average molecular weight is 659 g/mol. The molecule has 1 aliphatic heterocycles. The van der Waals surface area contributed by atoms with Crippen molar-refractivity contribution in [3.63, 3.8) is 0 Å². The van der Waals surface area contributed by atoms with Gasteiger partial charge in [-0.1, -0.05) is 43.2 Å². The van der Waals surface area contributed by atoms with E-state index in [2.05, 4.69) is 15.6 Å². The lowest BCUT2D eigenvalue weighted by molar-refractivity contribution is -0.133. The van der Waals surface area contributed by atoms with E-state index in [-0.39, 0.29) is 30.2 Å². The van der Waals surface area contributed by atoms with Crippen molar-refractivity contribution >= 4 is 40.0 Å². The lowest BCUT2D eigenvalue weighted by Gasteiger charge is -2.33. The second-order valence-electron chi connectivity index (χ2n) is 11.9. The Morgan fingerprint density at radius 3 is 2.47 bits per heavy atom. The van der Waals surface area contributed by atoms with E-state index in [4.69, 9.17) is 0 Å².